The molecule has 3 aromatic carbocycles. The lowest BCUT2D eigenvalue weighted by molar-refractivity contribution is 0.409. The lowest BCUT2D eigenvalue weighted by Crippen LogP contribution is -2.42. The van der Waals surface area contributed by atoms with E-state index < -0.39 is 0 Å². The maximum absolute atomic E-state index is 6.25. The maximum Gasteiger partial charge on any atom is 0.137 e. The zero-order valence-electron chi connectivity index (χ0n) is 14.5. The van der Waals surface area contributed by atoms with Gasteiger partial charge in [-0.3, -0.25) is 4.99 Å². The molecule has 1 aliphatic heterocycles. The molecule has 4 heteroatoms. The molecule has 2 atom stereocenters. The minimum atomic E-state index is -0.0915. The molecule has 0 saturated heterocycles. The topological polar surface area (TPSA) is 41.6 Å². The number of benzene rings is 3. The Morgan fingerprint density at radius 1 is 0.769 bits per heavy atom. The summed E-state index contributed by atoms with van der Waals surface area (Å²) in [5, 5.41) is 0. The Morgan fingerprint density at radius 2 is 1.23 bits per heavy atom. The van der Waals surface area contributed by atoms with Gasteiger partial charge >= 0.3 is 0 Å². The number of nitrogens with zero attached hydrogens (tertiary/aromatic N) is 2. The standard InChI is InChI=1S/C22H20IN3/c1-26-21(24)20(23)25-22(26)19-13-17(15-8-4-2-5-9-15)12-18(14-19)16-10-6-3-7-11-16/h2-14,20-21H,24H2,1H3. The summed E-state index contributed by atoms with van der Waals surface area (Å²) in [6.07, 6.45) is -0.0915. The van der Waals surface area contributed by atoms with Crippen molar-refractivity contribution in [2.75, 3.05) is 7.05 Å². The molecule has 3 aromatic rings. The second kappa shape index (κ2) is 7.21. The van der Waals surface area contributed by atoms with E-state index in [4.69, 9.17) is 10.7 Å². The van der Waals surface area contributed by atoms with Gasteiger partial charge in [-0.05, 0) is 40.5 Å². The van der Waals surface area contributed by atoms with Gasteiger partial charge in [0.2, 0.25) is 0 Å². The van der Waals surface area contributed by atoms with Crippen LogP contribution < -0.4 is 5.73 Å². The van der Waals surface area contributed by atoms with Gasteiger partial charge in [0.05, 0.1) is 0 Å². The number of rotatable bonds is 3. The van der Waals surface area contributed by atoms with Crippen LogP contribution in [0.3, 0.4) is 0 Å². The minimum Gasteiger partial charge on any atom is -0.341 e. The van der Waals surface area contributed by atoms with Crippen molar-refractivity contribution in [3.63, 3.8) is 0 Å². The Hall–Kier alpha value is -2.18. The zero-order valence-corrected chi connectivity index (χ0v) is 16.7. The number of halogens is 1. The third-order valence-electron chi connectivity index (χ3n) is 4.71. The quantitative estimate of drug-likeness (QED) is 0.353. The summed E-state index contributed by atoms with van der Waals surface area (Å²) < 4.78 is 0.0631. The number of hydrogen-bond acceptors (Lipinski definition) is 3. The highest BCUT2D eigenvalue weighted by atomic mass is 127. The van der Waals surface area contributed by atoms with Gasteiger partial charge in [0.25, 0.3) is 0 Å². The van der Waals surface area contributed by atoms with Crippen molar-refractivity contribution in [3.8, 4) is 22.3 Å². The lowest BCUT2D eigenvalue weighted by Gasteiger charge is -2.21. The van der Waals surface area contributed by atoms with Crippen LogP contribution in [0.1, 0.15) is 5.56 Å². The summed E-state index contributed by atoms with van der Waals surface area (Å²) in [7, 11) is 2.01. The van der Waals surface area contributed by atoms with Gasteiger partial charge in [0, 0.05) is 12.6 Å². The van der Waals surface area contributed by atoms with Gasteiger partial charge in [0.15, 0.2) is 0 Å². The zero-order chi connectivity index (χ0) is 18.1. The lowest BCUT2D eigenvalue weighted by atomic mass is 9.95. The second-order valence-corrected chi connectivity index (χ2v) is 7.73. The van der Waals surface area contributed by atoms with E-state index in [0.29, 0.717) is 0 Å². The molecule has 0 amide bonds. The fraction of sp³-hybridized carbons (Fsp3) is 0.136. The molecule has 26 heavy (non-hydrogen) atoms. The van der Waals surface area contributed by atoms with Gasteiger partial charge < -0.3 is 10.6 Å². The summed E-state index contributed by atoms with van der Waals surface area (Å²) in [6, 6.07) is 27.6. The van der Waals surface area contributed by atoms with E-state index in [0.717, 1.165) is 11.4 Å². The normalized spacial score (nSPS) is 19.5. The number of amidine groups is 1. The molecule has 0 aliphatic carbocycles. The predicted molar refractivity (Wildman–Crippen MR) is 117 cm³/mol. The van der Waals surface area contributed by atoms with Crippen LogP contribution in [-0.4, -0.2) is 28.0 Å². The molecule has 0 aromatic heterocycles. The number of aliphatic imine (C=N–C) groups is 1. The van der Waals surface area contributed by atoms with Gasteiger partial charge in [-0.1, -0.05) is 83.3 Å². The fourth-order valence-electron chi connectivity index (χ4n) is 3.24. The van der Waals surface area contributed by atoms with Crippen LogP contribution >= 0.6 is 22.6 Å². The average Bonchev–Trinajstić information content (AvgIpc) is 2.96. The van der Waals surface area contributed by atoms with Gasteiger partial charge in [-0.25, -0.2) is 0 Å². The first-order chi connectivity index (χ1) is 12.6. The highest BCUT2D eigenvalue weighted by molar-refractivity contribution is 14.1. The molecule has 1 heterocycles. The number of alkyl halides is 1. The van der Waals surface area contributed by atoms with Crippen LogP contribution in [0.4, 0.5) is 0 Å². The van der Waals surface area contributed by atoms with Crippen LogP contribution in [0.25, 0.3) is 22.3 Å². The monoisotopic (exact) mass is 453 g/mol. The smallest absolute Gasteiger partial charge is 0.137 e. The molecule has 3 nitrogen and oxygen atoms in total. The van der Waals surface area contributed by atoms with Crippen molar-refractivity contribution in [3.05, 3.63) is 84.4 Å². The SMILES string of the molecule is CN1C(c2cc(-c3ccccc3)cc(-c3ccccc3)c2)=NC(I)C1N. The number of hydrogen-bond donors (Lipinski definition) is 1. The van der Waals surface area contributed by atoms with E-state index in [1.165, 1.54) is 22.3 Å². The third-order valence-corrected chi connectivity index (χ3v) is 5.73. The third kappa shape index (κ3) is 3.27. The van der Waals surface area contributed by atoms with Crippen LogP contribution in [0.5, 0.6) is 0 Å². The maximum atomic E-state index is 6.25. The molecular formula is C22H20IN3. The molecule has 2 N–H and O–H groups in total. The van der Waals surface area contributed by atoms with Crippen LogP contribution in [0.15, 0.2) is 83.9 Å². The Morgan fingerprint density at radius 3 is 1.65 bits per heavy atom. The summed E-state index contributed by atoms with van der Waals surface area (Å²) in [5.74, 6) is 0.951. The van der Waals surface area contributed by atoms with E-state index in [1.807, 2.05) is 19.2 Å². The van der Waals surface area contributed by atoms with Crippen molar-refractivity contribution < 1.29 is 0 Å². The summed E-state index contributed by atoms with van der Waals surface area (Å²) in [4.78, 5) is 6.86. The van der Waals surface area contributed by atoms with E-state index in [-0.39, 0.29) is 10.2 Å². The van der Waals surface area contributed by atoms with Crippen molar-refractivity contribution in [2.45, 2.75) is 10.2 Å². The molecule has 0 bridgehead atoms. The van der Waals surface area contributed by atoms with Crippen molar-refractivity contribution in [1.82, 2.24) is 4.90 Å². The summed E-state index contributed by atoms with van der Waals surface area (Å²) >= 11 is 2.30. The Bertz CT molecular complexity index is 880. The van der Waals surface area contributed by atoms with Gasteiger partial charge in [-0.15, -0.1) is 0 Å². The first-order valence-electron chi connectivity index (χ1n) is 8.60. The molecule has 1 aliphatic rings. The van der Waals surface area contributed by atoms with Crippen molar-refractivity contribution >= 4 is 28.4 Å². The van der Waals surface area contributed by atoms with E-state index >= 15 is 0 Å². The number of nitrogens with two attached hydrogens (primary N) is 1. The largest absolute Gasteiger partial charge is 0.341 e. The molecule has 0 spiro atoms. The molecule has 2 unspecified atom stereocenters. The van der Waals surface area contributed by atoms with Crippen LogP contribution in [0.2, 0.25) is 0 Å². The van der Waals surface area contributed by atoms with Crippen LogP contribution in [0, 0.1) is 0 Å². The van der Waals surface area contributed by atoms with E-state index in [2.05, 4.69) is 94.2 Å². The molecule has 0 saturated carbocycles. The van der Waals surface area contributed by atoms with E-state index in [1.54, 1.807) is 0 Å². The molecule has 0 radical (unpaired) electrons. The molecule has 130 valence electrons. The van der Waals surface area contributed by atoms with E-state index in [9.17, 15) is 0 Å². The fourth-order valence-corrected chi connectivity index (χ4v) is 3.99. The van der Waals surface area contributed by atoms with Gasteiger partial charge in [-0.2, -0.15) is 0 Å². The van der Waals surface area contributed by atoms with Crippen molar-refractivity contribution in [2.24, 2.45) is 10.7 Å². The molecular weight excluding hydrogens is 433 g/mol. The highest BCUT2D eigenvalue weighted by Gasteiger charge is 2.29. The first kappa shape index (κ1) is 17.2. The average molecular weight is 453 g/mol. The minimum absolute atomic E-state index is 0.0631. The van der Waals surface area contributed by atoms with Crippen LogP contribution in [-0.2, 0) is 0 Å². The molecule has 4 rings (SSSR count). The Kier molecular flexibility index (Phi) is 4.78. The van der Waals surface area contributed by atoms with Crippen molar-refractivity contribution in [1.29, 1.82) is 0 Å². The first-order valence-corrected chi connectivity index (χ1v) is 9.84. The Balaban J connectivity index is 1.88. The highest BCUT2D eigenvalue weighted by Crippen LogP contribution is 2.31. The van der Waals surface area contributed by atoms with Gasteiger partial charge in [0.1, 0.15) is 16.0 Å². The number of likely N-dealkylation sites (N-methyl/N-ethyl adjacent to an activating group) is 1. The molecule has 0 fully saturated rings. The summed E-state index contributed by atoms with van der Waals surface area (Å²) in [6.45, 7) is 0. The predicted octanol–water partition coefficient (Wildman–Crippen LogP) is 4.76. The Labute approximate surface area is 167 Å². The second-order valence-electron chi connectivity index (χ2n) is 6.46. The summed E-state index contributed by atoms with van der Waals surface area (Å²) in [5.41, 5.74) is 12.1.